The lowest BCUT2D eigenvalue weighted by atomic mass is 10.2. The minimum Gasteiger partial charge on any atom is -0.482 e. The Kier molecular flexibility index (Phi) is 9.13. The van der Waals surface area contributed by atoms with E-state index in [2.05, 4.69) is 32.2 Å². The number of rotatable bonds is 11. The lowest BCUT2D eigenvalue weighted by Crippen LogP contribution is -2.29. The number of anilines is 4. The van der Waals surface area contributed by atoms with Crippen molar-refractivity contribution in [2.45, 2.75) is 6.18 Å². The fraction of sp³-hybridized carbons (Fsp3) is 0.286. The molecule has 0 atom stereocenters. The Hall–Kier alpha value is -4.79. The number of carbonyl (C=O) groups excluding carboxylic acids is 1. The number of ether oxygens (including phenoxy) is 1. The Morgan fingerprint density at radius 1 is 1.09 bits per heavy atom. The molecule has 4 aromatic rings. The second-order valence-corrected chi connectivity index (χ2v) is 9.83. The van der Waals surface area contributed by atoms with E-state index in [9.17, 15) is 26.7 Å². The number of amides is 1. The summed E-state index contributed by atoms with van der Waals surface area (Å²) in [5, 5.41) is 5.52. The molecule has 2 aromatic heterocycles. The monoisotopic (exact) mass is 604 g/mol. The van der Waals surface area contributed by atoms with Gasteiger partial charge in [0, 0.05) is 51.6 Å². The van der Waals surface area contributed by atoms with Gasteiger partial charge in [0.1, 0.15) is 22.8 Å². The van der Waals surface area contributed by atoms with Gasteiger partial charge in [-0.05, 0) is 32.3 Å². The molecule has 0 spiro atoms. The average molecular weight is 605 g/mol. The van der Waals surface area contributed by atoms with Crippen LogP contribution in [0.2, 0.25) is 0 Å². The molecule has 0 saturated heterocycles. The lowest BCUT2D eigenvalue weighted by Gasteiger charge is -2.26. The van der Waals surface area contributed by atoms with Crippen LogP contribution in [0.3, 0.4) is 0 Å². The van der Waals surface area contributed by atoms with Crippen LogP contribution in [-0.4, -0.2) is 77.3 Å². The summed E-state index contributed by atoms with van der Waals surface area (Å²) in [4.78, 5) is 28.8. The van der Waals surface area contributed by atoms with E-state index in [0.29, 0.717) is 18.8 Å². The zero-order valence-corrected chi connectivity index (χ0v) is 23.8. The molecule has 1 amide bonds. The average Bonchev–Trinajstić information content (AvgIpc) is 3.26. The molecule has 2 N–H and O–H groups in total. The van der Waals surface area contributed by atoms with Gasteiger partial charge in [0.25, 0.3) is 0 Å². The van der Waals surface area contributed by atoms with Crippen molar-refractivity contribution in [2.24, 2.45) is 7.05 Å². The van der Waals surface area contributed by atoms with Crippen LogP contribution in [0, 0.1) is 11.6 Å². The molecular formula is C28H29F5N8O2. The number of halogens is 5. The molecule has 4 rings (SSSR count). The second kappa shape index (κ2) is 12.6. The summed E-state index contributed by atoms with van der Waals surface area (Å²) in [5.74, 6) is -2.20. The number of fused-ring (bicyclic) bond motifs is 1. The van der Waals surface area contributed by atoms with Gasteiger partial charge in [-0.1, -0.05) is 6.58 Å². The van der Waals surface area contributed by atoms with E-state index in [0.717, 1.165) is 18.2 Å². The van der Waals surface area contributed by atoms with Crippen molar-refractivity contribution in [3.05, 3.63) is 60.8 Å². The molecule has 15 heteroatoms. The van der Waals surface area contributed by atoms with Gasteiger partial charge in [-0.3, -0.25) is 4.79 Å². The normalized spacial score (nSPS) is 11.6. The maximum atomic E-state index is 14.5. The number of hydrogen-bond acceptors (Lipinski definition) is 8. The van der Waals surface area contributed by atoms with Crippen LogP contribution in [-0.2, 0) is 11.8 Å². The van der Waals surface area contributed by atoms with E-state index >= 15 is 0 Å². The van der Waals surface area contributed by atoms with Crippen molar-refractivity contribution in [3.63, 3.8) is 0 Å². The SMILES string of the molecule is C=CC(=O)Nc1cc(Nc2nccc(-c3nc4cc(F)cc(F)c4n3C)n2)c(OCC(F)(F)F)cc1N(C)CCN(C)C. The molecular weight excluding hydrogens is 575 g/mol. The first-order valence-corrected chi connectivity index (χ1v) is 12.8. The minimum atomic E-state index is -4.63. The van der Waals surface area contributed by atoms with E-state index in [1.807, 2.05) is 19.0 Å². The number of aryl methyl sites for hydroxylation is 1. The Bertz CT molecular complexity index is 1650. The Labute approximate surface area is 243 Å². The fourth-order valence-corrected chi connectivity index (χ4v) is 4.17. The molecule has 2 aromatic carbocycles. The van der Waals surface area contributed by atoms with Gasteiger partial charge in [0.05, 0.1) is 22.6 Å². The van der Waals surface area contributed by atoms with Crippen molar-refractivity contribution in [2.75, 3.05) is 56.4 Å². The molecule has 0 saturated carbocycles. The number of aromatic nitrogens is 4. The molecule has 0 aliphatic carbocycles. The van der Waals surface area contributed by atoms with Gasteiger partial charge in [0.2, 0.25) is 11.9 Å². The predicted molar refractivity (Wildman–Crippen MR) is 154 cm³/mol. The van der Waals surface area contributed by atoms with Crippen molar-refractivity contribution >= 4 is 40.0 Å². The zero-order chi connectivity index (χ0) is 31.5. The van der Waals surface area contributed by atoms with Crippen LogP contribution >= 0.6 is 0 Å². The van der Waals surface area contributed by atoms with Crippen molar-refractivity contribution < 1.29 is 31.5 Å². The number of likely N-dealkylation sites (N-methyl/N-ethyl adjacent to an activating group) is 2. The number of alkyl halides is 3. The Morgan fingerprint density at radius 2 is 1.84 bits per heavy atom. The number of carbonyl (C=O) groups is 1. The number of nitrogens with one attached hydrogen (secondary N) is 2. The Morgan fingerprint density at radius 3 is 2.51 bits per heavy atom. The Balaban J connectivity index is 1.77. The van der Waals surface area contributed by atoms with Gasteiger partial charge in [-0.2, -0.15) is 13.2 Å². The maximum Gasteiger partial charge on any atom is 0.422 e. The van der Waals surface area contributed by atoms with Crippen LogP contribution < -0.4 is 20.3 Å². The molecule has 0 bridgehead atoms. The van der Waals surface area contributed by atoms with E-state index in [1.54, 1.807) is 11.9 Å². The van der Waals surface area contributed by atoms with Crippen molar-refractivity contribution in [3.8, 4) is 17.3 Å². The number of hydrogen-bond donors (Lipinski definition) is 2. The first-order chi connectivity index (χ1) is 20.3. The maximum absolute atomic E-state index is 14.5. The zero-order valence-electron chi connectivity index (χ0n) is 23.8. The summed E-state index contributed by atoms with van der Waals surface area (Å²) in [7, 11) is 7.00. The van der Waals surface area contributed by atoms with Gasteiger partial charge >= 0.3 is 6.18 Å². The molecule has 0 radical (unpaired) electrons. The fourth-order valence-electron chi connectivity index (χ4n) is 4.17. The summed E-state index contributed by atoms with van der Waals surface area (Å²) < 4.78 is 74.3. The van der Waals surface area contributed by atoms with Gasteiger partial charge in [0.15, 0.2) is 18.2 Å². The third-order valence-corrected chi connectivity index (χ3v) is 6.25. The molecule has 10 nitrogen and oxygen atoms in total. The molecule has 0 aliphatic heterocycles. The molecule has 0 unspecified atom stereocenters. The minimum absolute atomic E-state index is 0.0173. The second-order valence-electron chi connectivity index (χ2n) is 9.83. The predicted octanol–water partition coefficient (Wildman–Crippen LogP) is 5.12. The highest BCUT2D eigenvalue weighted by Gasteiger charge is 2.29. The van der Waals surface area contributed by atoms with Crippen LogP contribution in [0.1, 0.15) is 0 Å². The summed E-state index contributed by atoms with van der Waals surface area (Å²) in [6.45, 7) is 2.97. The molecule has 0 aliphatic rings. The van der Waals surface area contributed by atoms with Crippen molar-refractivity contribution in [1.29, 1.82) is 0 Å². The van der Waals surface area contributed by atoms with Crippen LogP contribution in [0.25, 0.3) is 22.6 Å². The lowest BCUT2D eigenvalue weighted by molar-refractivity contribution is -0.153. The summed E-state index contributed by atoms with van der Waals surface area (Å²) in [5.41, 5.74) is 1.02. The van der Waals surface area contributed by atoms with Gasteiger partial charge in [-0.25, -0.2) is 23.7 Å². The molecule has 228 valence electrons. The quantitative estimate of drug-likeness (QED) is 0.180. The number of imidazole rings is 1. The van der Waals surface area contributed by atoms with Crippen LogP contribution in [0.15, 0.2) is 49.2 Å². The van der Waals surface area contributed by atoms with E-state index in [-0.39, 0.29) is 45.6 Å². The number of benzene rings is 2. The highest BCUT2D eigenvalue weighted by atomic mass is 19.4. The largest absolute Gasteiger partial charge is 0.482 e. The van der Waals surface area contributed by atoms with E-state index in [1.165, 1.54) is 36.0 Å². The smallest absolute Gasteiger partial charge is 0.422 e. The molecule has 0 fully saturated rings. The van der Waals surface area contributed by atoms with Gasteiger partial charge < -0.3 is 29.7 Å². The van der Waals surface area contributed by atoms with Gasteiger partial charge in [-0.15, -0.1) is 0 Å². The topological polar surface area (TPSA) is 100 Å². The third-order valence-electron chi connectivity index (χ3n) is 6.25. The number of nitrogens with zero attached hydrogens (tertiary/aromatic N) is 6. The van der Waals surface area contributed by atoms with E-state index < -0.39 is 30.3 Å². The summed E-state index contributed by atoms with van der Waals surface area (Å²) >= 11 is 0. The highest BCUT2D eigenvalue weighted by Crippen LogP contribution is 2.39. The highest BCUT2D eigenvalue weighted by molar-refractivity contribution is 6.02. The first-order valence-electron chi connectivity index (χ1n) is 12.8. The molecule has 43 heavy (non-hydrogen) atoms. The van der Waals surface area contributed by atoms with E-state index in [4.69, 9.17) is 4.74 Å². The molecule has 2 heterocycles. The van der Waals surface area contributed by atoms with Crippen LogP contribution in [0.4, 0.5) is 45.0 Å². The first kappa shape index (κ1) is 31.2. The van der Waals surface area contributed by atoms with Crippen molar-refractivity contribution in [1.82, 2.24) is 24.4 Å². The summed E-state index contributed by atoms with van der Waals surface area (Å²) in [6, 6.07) is 6.09. The third kappa shape index (κ3) is 7.54. The summed E-state index contributed by atoms with van der Waals surface area (Å²) in [6.07, 6.45) is -2.21. The van der Waals surface area contributed by atoms with Crippen LogP contribution in [0.5, 0.6) is 5.75 Å². The standard InChI is InChI=1S/C28H29F5N8O2/c1-6-24(42)35-19-13-20(23(43-15-28(31,32)33)14-22(19)40(4)10-9-39(2)3)38-27-34-8-7-18(37-27)26-36-21-12-16(29)11-17(30)25(21)41(26)5/h6-8,11-14H,1,9-10,15H2,2-5H3,(H,35,42)(H,34,37,38).